The standard InChI is InChI=1S/C21H26N2O3/c1-15-11-18(21(24)23-9-7-19-6-4-10-25-19)12-16(2)20(15)26-14-17-5-3-8-22-13-17/h3,5,8,11-13,19H,4,6-7,9-10,14H2,1-2H3,(H,23,24)/t19-/m0/s1. The fourth-order valence-electron chi connectivity index (χ4n) is 3.27. The molecular formula is C21H26N2O3. The Balaban J connectivity index is 1.57. The molecule has 0 aliphatic carbocycles. The average molecular weight is 354 g/mol. The van der Waals surface area contributed by atoms with Gasteiger partial charge in [0.05, 0.1) is 6.10 Å². The Hall–Kier alpha value is -2.40. The van der Waals surface area contributed by atoms with Crippen LogP contribution in [-0.4, -0.2) is 30.1 Å². The predicted molar refractivity (Wildman–Crippen MR) is 100 cm³/mol. The van der Waals surface area contributed by atoms with Gasteiger partial charge in [-0.25, -0.2) is 0 Å². The molecule has 0 saturated carbocycles. The number of carbonyl (C=O) groups excluding carboxylic acids is 1. The van der Waals surface area contributed by atoms with E-state index in [1.165, 1.54) is 0 Å². The Morgan fingerprint density at radius 2 is 2.15 bits per heavy atom. The van der Waals surface area contributed by atoms with Gasteiger partial charge in [-0.2, -0.15) is 0 Å². The molecule has 1 aromatic carbocycles. The van der Waals surface area contributed by atoms with Gasteiger partial charge in [0.15, 0.2) is 0 Å². The number of aromatic nitrogens is 1. The number of aryl methyl sites for hydroxylation is 2. The summed E-state index contributed by atoms with van der Waals surface area (Å²) < 4.78 is 11.5. The van der Waals surface area contributed by atoms with E-state index in [2.05, 4.69) is 10.3 Å². The quantitative estimate of drug-likeness (QED) is 0.826. The Morgan fingerprint density at radius 3 is 2.81 bits per heavy atom. The normalized spacial score (nSPS) is 16.5. The van der Waals surface area contributed by atoms with Crippen molar-refractivity contribution in [2.75, 3.05) is 13.2 Å². The minimum Gasteiger partial charge on any atom is -0.488 e. The van der Waals surface area contributed by atoms with E-state index in [-0.39, 0.29) is 5.91 Å². The van der Waals surface area contributed by atoms with Gasteiger partial charge in [0.1, 0.15) is 12.4 Å². The maximum absolute atomic E-state index is 12.4. The van der Waals surface area contributed by atoms with E-state index in [4.69, 9.17) is 9.47 Å². The minimum absolute atomic E-state index is 0.0481. The minimum atomic E-state index is -0.0481. The van der Waals surface area contributed by atoms with Gasteiger partial charge >= 0.3 is 0 Å². The van der Waals surface area contributed by atoms with E-state index >= 15 is 0 Å². The molecule has 1 aromatic heterocycles. The van der Waals surface area contributed by atoms with Crippen molar-refractivity contribution in [1.29, 1.82) is 0 Å². The summed E-state index contributed by atoms with van der Waals surface area (Å²) in [6.07, 6.45) is 6.92. The number of amides is 1. The first-order valence-electron chi connectivity index (χ1n) is 9.16. The fraction of sp³-hybridized carbons (Fsp3) is 0.429. The number of hydrogen-bond donors (Lipinski definition) is 1. The zero-order valence-corrected chi connectivity index (χ0v) is 15.5. The molecule has 1 aliphatic heterocycles. The van der Waals surface area contributed by atoms with Crippen LogP contribution in [0, 0.1) is 13.8 Å². The first kappa shape index (κ1) is 18.4. The topological polar surface area (TPSA) is 60.5 Å². The first-order chi connectivity index (χ1) is 12.6. The summed E-state index contributed by atoms with van der Waals surface area (Å²) in [6, 6.07) is 7.63. The largest absolute Gasteiger partial charge is 0.488 e. The van der Waals surface area contributed by atoms with E-state index in [0.29, 0.717) is 24.8 Å². The second-order valence-corrected chi connectivity index (χ2v) is 6.77. The number of carbonyl (C=O) groups is 1. The summed E-state index contributed by atoms with van der Waals surface area (Å²) >= 11 is 0. The van der Waals surface area contributed by atoms with Crippen LogP contribution in [0.3, 0.4) is 0 Å². The second kappa shape index (κ2) is 8.81. The van der Waals surface area contributed by atoms with Crippen LogP contribution >= 0.6 is 0 Å². The van der Waals surface area contributed by atoms with Crippen LogP contribution in [0.2, 0.25) is 0 Å². The maximum atomic E-state index is 12.4. The van der Waals surface area contributed by atoms with Gasteiger partial charge in [-0.05, 0) is 62.4 Å². The Morgan fingerprint density at radius 1 is 1.35 bits per heavy atom. The molecule has 0 unspecified atom stereocenters. The second-order valence-electron chi connectivity index (χ2n) is 6.77. The lowest BCUT2D eigenvalue weighted by atomic mass is 10.0. The van der Waals surface area contributed by atoms with Crippen molar-refractivity contribution in [2.24, 2.45) is 0 Å². The monoisotopic (exact) mass is 354 g/mol. The average Bonchev–Trinajstić information content (AvgIpc) is 3.15. The van der Waals surface area contributed by atoms with Crippen molar-refractivity contribution in [3.05, 3.63) is 58.9 Å². The van der Waals surface area contributed by atoms with Gasteiger partial charge in [0, 0.05) is 36.7 Å². The molecule has 2 heterocycles. The van der Waals surface area contributed by atoms with Gasteiger partial charge in [-0.3, -0.25) is 9.78 Å². The molecule has 1 saturated heterocycles. The van der Waals surface area contributed by atoms with Gasteiger partial charge < -0.3 is 14.8 Å². The van der Waals surface area contributed by atoms with E-state index in [1.54, 1.807) is 12.4 Å². The number of benzene rings is 1. The molecule has 0 radical (unpaired) electrons. The van der Waals surface area contributed by atoms with Gasteiger partial charge in [-0.15, -0.1) is 0 Å². The summed E-state index contributed by atoms with van der Waals surface area (Å²) in [7, 11) is 0. The number of pyridine rings is 1. The SMILES string of the molecule is Cc1cc(C(=O)NCC[C@@H]2CCCO2)cc(C)c1OCc1cccnc1. The van der Waals surface area contributed by atoms with E-state index in [0.717, 1.165) is 48.3 Å². The molecule has 3 rings (SSSR count). The van der Waals surface area contributed by atoms with E-state index in [9.17, 15) is 4.79 Å². The maximum Gasteiger partial charge on any atom is 0.251 e. The number of hydrogen-bond acceptors (Lipinski definition) is 4. The summed E-state index contributed by atoms with van der Waals surface area (Å²) in [5.74, 6) is 0.776. The summed E-state index contributed by atoms with van der Waals surface area (Å²) in [5, 5.41) is 2.99. The summed E-state index contributed by atoms with van der Waals surface area (Å²) in [4.78, 5) is 16.5. The van der Waals surface area contributed by atoms with Crippen LogP contribution in [0.1, 0.15) is 46.3 Å². The molecule has 26 heavy (non-hydrogen) atoms. The van der Waals surface area contributed by atoms with Crippen molar-refractivity contribution < 1.29 is 14.3 Å². The van der Waals surface area contributed by atoms with Crippen LogP contribution in [0.15, 0.2) is 36.7 Å². The lowest BCUT2D eigenvalue weighted by molar-refractivity contribution is 0.0907. The number of nitrogens with zero attached hydrogens (tertiary/aromatic N) is 1. The van der Waals surface area contributed by atoms with Crippen LogP contribution < -0.4 is 10.1 Å². The highest BCUT2D eigenvalue weighted by molar-refractivity contribution is 5.94. The van der Waals surface area contributed by atoms with Crippen molar-refractivity contribution in [3.8, 4) is 5.75 Å². The first-order valence-corrected chi connectivity index (χ1v) is 9.16. The van der Waals surface area contributed by atoms with Crippen molar-refractivity contribution in [1.82, 2.24) is 10.3 Å². The third-order valence-corrected chi connectivity index (χ3v) is 4.60. The van der Waals surface area contributed by atoms with Gasteiger partial charge in [0.25, 0.3) is 5.91 Å². The third-order valence-electron chi connectivity index (χ3n) is 4.60. The number of nitrogens with one attached hydrogen (secondary N) is 1. The molecule has 5 nitrogen and oxygen atoms in total. The fourth-order valence-corrected chi connectivity index (χ4v) is 3.27. The molecule has 138 valence electrons. The van der Waals surface area contributed by atoms with Crippen molar-refractivity contribution in [2.45, 2.75) is 45.8 Å². The molecular weight excluding hydrogens is 328 g/mol. The van der Waals surface area contributed by atoms with E-state index in [1.807, 2.05) is 38.1 Å². The number of ether oxygens (including phenoxy) is 2. The lowest BCUT2D eigenvalue weighted by Gasteiger charge is -2.15. The Labute approximate surface area is 154 Å². The molecule has 2 aromatic rings. The summed E-state index contributed by atoms with van der Waals surface area (Å²) in [5.41, 5.74) is 3.60. The summed E-state index contributed by atoms with van der Waals surface area (Å²) in [6.45, 7) is 5.88. The van der Waals surface area contributed by atoms with Crippen LogP contribution in [-0.2, 0) is 11.3 Å². The Bertz CT molecular complexity index is 717. The van der Waals surface area contributed by atoms with Gasteiger partial charge in [0.2, 0.25) is 0 Å². The molecule has 1 aliphatic rings. The van der Waals surface area contributed by atoms with Gasteiger partial charge in [-0.1, -0.05) is 6.07 Å². The predicted octanol–water partition coefficient (Wildman–Crippen LogP) is 3.58. The Kier molecular flexibility index (Phi) is 6.23. The molecule has 1 fully saturated rings. The molecule has 1 amide bonds. The third kappa shape index (κ3) is 4.82. The van der Waals surface area contributed by atoms with Crippen LogP contribution in [0.5, 0.6) is 5.75 Å². The highest BCUT2D eigenvalue weighted by Crippen LogP contribution is 2.26. The van der Waals surface area contributed by atoms with Crippen LogP contribution in [0.25, 0.3) is 0 Å². The molecule has 5 heteroatoms. The molecule has 0 spiro atoms. The number of rotatable bonds is 7. The smallest absolute Gasteiger partial charge is 0.251 e. The van der Waals surface area contributed by atoms with Crippen molar-refractivity contribution >= 4 is 5.91 Å². The van der Waals surface area contributed by atoms with E-state index < -0.39 is 0 Å². The highest BCUT2D eigenvalue weighted by Gasteiger charge is 2.16. The van der Waals surface area contributed by atoms with Crippen molar-refractivity contribution in [3.63, 3.8) is 0 Å². The molecule has 1 atom stereocenters. The zero-order chi connectivity index (χ0) is 18.4. The molecule has 0 bridgehead atoms. The molecule has 1 N–H and O–H groups in total. The lowest BCUT2D eigenvalue weighted by Crippen LogP contribution is -2.27. The van der Waals surface area contributed by atoms with Crippen LogP contribution in [0.4, 0.5) is 0 Å². The zero-order valence-electron chi connectivity index (χ0n) is 15.5. The highest BCUT2D eigenvalue weighted by atomic mass is 16.5.